The van der Waals surface area contributed by atoms with Gasteiger partial charge >= 0.3 is 0 Å². The number of nitrogens with one attached hydrogen (secondary N) is 2. The van der Waals surface area contributed by atoms with Crippen LogP contribution >= 0.6 is 15.9 Å². The van der Waals surface area contributed by atoms with E-state index >= 15 is 0 Å². The molecule has 1 atom stereocenters. The van der Waals surface area contributed by atoms with Gasteiger partial charge in [0.2, 0.25) is 5.91 Å². The summed E-state index contributed by atoms with van der Waals surface area (Å²) in [5.74, 6) is -0.0524. The molecule has 0 radical (unpaired) electrons. The lowest BCUT2D eigenvalue weighted by molar-refractivity contribution is -0.115. The van der Waals surface area contributed by atoms with Gasteiger partial charge in [0.25, 0.3) is 0 Å². The maximum atomic E-state index is 12.6. The number of carbonyl (C=O) groups excluding carboxylic acids is 1. The Balaban J connectivity index is 1.65. The Morgan fingerprint density at radius 1 is 1.37 bits per heavy atom. The van der Waals surface area contributed by atoms with Crippen LogP contribution in [-0.2, 0) is 11.2 Å². The van der Waals surface area contributed by atoms with Crippen LogP contribution < -0.4 is 16.0 Å². The summed E-state index contributed by atoms with van der Waals surface area (Å²) < 4.78 is 0.905. The fourth-order valence-electron chi connectivity index (χ4n) is 3.65. The third-order valence-electron chi connectivity index (χ3n) is 4.89. The lowest BCUT2D eigenvalue weighted by Gasteiger charge is -2.33. The van der Waals surface area contributed by atoms with Gasteiger partial charge in [0.15, 0.2) is 0 Å². The number of aromatic nitrogens is 2. The molecule has 0 bridgehead atoms. The zero-order chi connectivity index (χ0) is 18.8. The normalized spacial score (nSPS) is 17.3. The highest BCUT2D eigenvalue weighted by Crippen LogP contribution is 2.38. The number of nitrogens with two attached hydrogens (primary N) is 1. The number of pyridine rings is 1. The van der Waals surface area contributed by atoms with Gasteiger partial charge in [-0.25, -0.2) is 4.98 Å². The predicted octanol–water partition coefficient (Wildman–Crippen LogP) is 3.43. The average Bonchev–Trinajstić information content (AvgIpc) is 3.05. The SMILES string of the molecule is N[C@@H]1CCCN(c2c(Br)cnc3[nH]cc(NC(=O)Cc4ccccc4)c23)C1. The molecule has 0 aliphatic carbocycles. The van der Waals surface area contributed by atoms with Gasteiger partial charge in [0.1, 0.15) is 5.65 Å². The summed E-state index contributed by atoms with van der Waals surface area (Å²) in [6.45, 7) is 1.73. The summed E-state index contributed by atoms with van der Waals surface area (Å²) in [6, 6.07) is 9.88. The Bertz CT molecular complexity index is 956. The number of rotatable bonds is 4. The van der Waals surface area contributed by atoms with Crippen LogP contribution in [0.15, 0.2) is 47.2 Å². The second kappa shape index (κ2) is 7.70. The summed E-state index contributed by atoms with van der Waals surface area (Å²) in [7, 11) is 0. The molecule has 7 heteroatoms. The summed E-state index contributed by atoms with van der Waals surface area (Å²) in [6.07, 6.45) is 6.02. The summed E-state index contributed by atoms with van der Waals surface area (Å²) in [4.78, 5) is 22.5. The molecule has 2 aromatic heterocycles. The van der Waals surface area contributed by atoms with E-state index in [1.165, 1.54) is 0 Å². The first-order valence-electron chi connectivity index (χ1n) is 9.11. The fraction of sp³-hybridized carbons (Fsp3) is 0.300. The molecule has 1 aromatic carbocycles. The van der Waals surface area contributed by atoms with E-state index in [9.17, 15) is 4.79 Å². The van der Waals surface area contributed by atoms with E-state index in [1.54, 1.807) is 12.4 Å². The topological polar surface area (TPSA) is 87.0 Å². The minimum absolute atomic E-state index is 0.0524. The highest BCUT2D eigenvalue weighted by Gasteiger charge is 2.23. The van der Waals surface area contributed by atoms with Crippen molar-refractivity contribution in [3.8, 4) is 0 Å². The predicted molar refractivity (Wildman–Crippen MR) is 112 cm³/mol. The molecule has 27 heavy (non-hydrogen) atoms. The van der Waals surface area contributed by atoms with Gasteiger partial charge in [-0.15, -0.1) is 0 Å². The lowest BCUT2D eigenvalue weighted by atomic mass is 10.1. The first kappa shape index (κ1) is 18.0. The molecule has 140 valence electrons. The molecule has 1 amide bonds. The van der Waals surface area contributed by atoms with Crippen molar-refractivity contribution in [2.45, 2.75) is 25.3 Å². The molecule has 0 unspecified atom stereocenters. The second-order valence-corrected chi connectivity index (χ2v) is 7.79. The van der Waals surface area contributed by atoms with Crippen LogP contribution in [0.3, 0.4) is 0 Å². The molecule has 1 saturated heterocycles. The molecule has 1 aliphatic heterocycles. The molecule has 4 N–H and O–H groups in total. The minimum Gasteiger partial charge on any atom is -0.368 e. The van der Waals surface area contributed by atoms with Gasteiger partial charge in [-0.2, -0.15) is 0 Å². The number of aromatic amines is 1. The largest absolute Gasteiger partial charge is 0.368 e. The number of carbonyl (C=O) groups is 1. The van der Waals surface area contributed by atoms with Crippen LogP contribution in [0, 0.1) is 0 Å². The van der Waals surface area contributed by atoms with E-state index < -0.39 is 0 Å². The molecule has 6 nitrogen and oxygen atoms in total. The first-order valence-corrected chi connectivity index (χ1v) is 9.91. The number of amides is 1. The number of halogens is 1. The molecule has 1 fully saturated rings. The zero-order valence-electron chi connectivity index (χ0n) is 14.9. The fourth-order valence-corrected chi connectivity index (χ4v) is 4.20. The van der Waals surface area contributed by atoms with E-state index in [-0.39, 0.29) is 11.9 Å². The van der Waals surface area contributed by atoms with E-state index in [0.717, 1.165) is 58.4 Å². The van der Waals surface area contributed by atoms with Crippen LogP contribution in [0.2, 0.25) is 0 Å². The van der Waals surface area contributed by atoms with E-state index in [4.69, 9.17) is 5.73 Å². The number of hydrogen-bond donors (Lipinski definition) is 3. The van der Waals surface area contributed by atoms with Gasteiger partial charge in [-0.3, -0.25) is 4.79 Å². The van der Waals surface area contributed by atoms with Crippen LogP contribution in [-0.4, -0.2) is 35.0 Å². The maximum absolute atomic E-state index is 12.6. The number of fused-ring (bicyclic) bond motifs is 1. The van der Waals surface area contributed by atoms with Gasteiger partial charge in [0.05, 0.1) is 27.7 Å². The highest BCUT2D eigenvalue weighted by molar-refractivity contribution is 9.10. The molecule has 4 rings (SSSR count). The van der Waals surface area contributed by atoms with Crippen molar-refractivity contribution in [2.24, 2.45) is 5.73 Å². The van der Waals surface area contributed by atoms with Crippen molar-refractivity contribution in [3.05, 3.63) is 52.8 Å². The Hall–Kier alpha value is -2.38. The van der Waals surface area contributed by atoms with Gasteiger partial charge in [0, 0.05) is 31.5 Å². The zero-order valence-corrected chi connectivity index (χ0v) is 16.5. The molecular formula is C20H22BrN5O. The molecule has 1 aliphatic rings. The van der Waals surface area contributed by atoms with E-state index in [2.05, 4.69) is 36.1 Å². The van der Waals surface area contributed by atoms with Crippen LogP contribution in [0.1, 0.15) is 18.4 Å². The number of H-pyrrole nitrogens is 1. The molecule has 0 spiro atoms. The monoisotopic (exact) mass is 427 g/mol. The number of nitrogens with zero attached hydrogens (tertiary/aromatic N) is 2. The third kappa shape index (κ3) is 3.84. The Morgan fingerprint density at radius 2 is 2.19 bits per heavy atom. The number of anilines is 2. The van der Waals surface area contributed by atoms with Crippen LogP contribution in [0.25, 0.3) is 11.0 Å². The maximum Gasteiger partial charge on any atom is 0.228 e. The number of piperidine rings is 1. The molecular weight excluding hydrogens is 406 g/mol. The summed E-state index contributed by atoms with van der Waals surface area (Å²) in [5, 5.41) is 3.96. The quantitative estimate of drug-likeness (QED) is 0.594. The number of benzene rings is 1. The molecule has 3 heterocycles. The summed E-state index contributed by atoms with van der Waals surface area (Å²) >= 11 is 3.64. The van der Waals surface area contributed by atoms with Crippen molar-refractivity contribution in [3.63, 3.8) is 0 Å². The Kier molecular flexibility index (Phi) is 5.13. The lowest BCUT2D eigenvalue weighted by Crippen LogP contribution is -2.43. The Labute approximate surface area is 166 Å². The minimum atomic E-state index is -0.0524. The smallest absolute Gasteiger partial charge is 0.228 e. The second-order valence-electron chi connectivity index (χ2n) is 6.94. The van der Waals surface area contributed by atoms with Gasteiger partial charge < -0.3 is 20.9 Å². The highest BCUT2D eigenvalue weighted by atomic mass is 79.9. The van der Waals surface area contributed by atoms with E-state index in [0.29, 0.717) is 6.42 Å². The first-order chi connectivity index (χ1) is 13.1. The summed E-state index contributed by atoms with van der Waals surface area (Å²) in [5.41, 5.74) is 9.70. The number of hydrogen-bond acceptors (Lipinski definition) is 4. The van der Waals surface area contributed by atoms with Crippen LogP contribution in [0.5, 0.6) is 0 Å². The molecule has 0 saturated carbocycles. The third-order valence-corrected chi connectivity index (χ3v) is 5.47. The van der Waals surface area contributed by atoms with Gasteiger partial charge in [-0.1, -0.05) is 30.3 Å². The van der Waals surface area contributed by atoms with E-state index in [1.807, 2.05) is 30.3 Å². The standard InChI is InChI=1S/C20H22BrN5O/c21-15-10-23-20-18(19(15)26-8-4-7-14(22)12-26)16(11-24-20)25-17(27)9-13-5-2-1-3-6-13/h1-3,5-6,10-11,14H,4,7-9,12,22H2,(H,23,24)(H,25,27)/t14-/m1/s1. The van der Waals surface area contributed by atoms with Crippen LogP contribution in [0.4, 0.5) is 11.4 Å². The molecule has 3 aromatic rings. The van der Waals surface area contributed by atoms with Crippen molar-refractivity contribution < 1.29 is 4.79 Å². The Morgan fingerprint density at radius 3 is 2.96 bits per heavy atom. The van der Waals surface area contributed by atoms with Crippen molar-refractivity contribution in [2.75, 3.05) is 23.3 Å². The van der Waals surface area contributed by atoms with Crippen molar-refractivity contribution >= 4 is 44.2 Å². The van der Waals surface area contributed by atoms with Gasteiger partial charge in [-0.05, 0) is 34.3 Å². The van der Waals surface area contributed by atoms with Crippen molar-refractivity contribution in [1.82, 2.24) is 9.97 Å². The van der Waals surface area contributed by atoms with Crippen molar-refractivity contribution in [1.29, 1.82) is 0 Å². The average molecular weight is 428 g/mol.